The lowest BCUT2D eigenvalue weighted by atomic mass is 9.95. The van der Waals surface area contributed by atoms with Crippen LogP contribution in [0.15, 0.2) is 34.8 Å². The van der Waals surface area contributed by atoms with E-state index in [9.17, 15) is 4.79 Å². The van der Waals surface area contributed by atoms with E-state index in [0.29, 0.717) is 6.42 Å². The Morgan fingerprint density at radius 1 is 1.47 bits per heavy atom. The summed E-state index contributed by atoms with van der Waals surface area (Å²) in [5.41, 5.74) is 0.599. The van der Waals surface area contributed by atoms with Crippen molar-refractivity contribution in [2.75, 3.05) is 6.61 Å². The van der Waals surface area contributed by atoms with Gasteiger partial charge < -0.3 is 10.4 Å². The van der Waals surface area contributed by atoms with Crippen molar-refractivity contribution in [2.24, 2.45) is 0 Å². The van der Waals surface area contributed by atoms with E-state index in [1.165, 1.54) is 6.08 Å². The molecule has 0 saturated heterocycles. The minimum Gasteiger partial charge on any atom is -0.396 e. The Hall–Kier alpha value is -1.13. The van der Waals surface area contributed by atoms with Gasteiger partial charge in [0, 0.05) is 22.7 Å². The number of aliphatic hydroxyl groups excluding tert-OH is 1. The predicted molar refractivity (Wildman–Crippen MR) is 81.7 cm³/mol. The molecule has 104 valence electrons. The van der Waals surface area contributed by atoms with E-state index in [2.05, 4.69) is 21.2 Å². The Bertz CT molecular complexity index is 459. The summed E-state index contributed by atoms with van der Waals surface area (Å²) in [5.74, 6) is -0.145. The molecule has 0 aliphatic rings. The van der Waals surface area contributed by atoms with Gasteiger partial charge in [-0.05, 0) is 37.5 Å². The molecule has 1 aromatic rings. The van der Waals surface area contributed by atoms with Crippen LogP contribution in [0.2, 0.25) is 0 Å². The maximum Gasteiger partial charge on any atom is 0.244 e. The highest BCUT2D eigenvalue weighted by atomic mass is 79.9. The number of carbonyl (C=O) groups is 1. The minimum atomic E-state index is -0.357. The maximum absolute atomic E-state index is 11.9. The van der Waals surface area contributed by atoms with Crippen LogP contribution >= 0.6 is 15.9 Å². The number of amides is 1. The number of hydrogen-bond acceptors (Lipinski definition) is 2. The highest BCUT2D eigenvalue weighted by Gasteiger charge is 2.22. The van der Waals surface area contributed by atoms with Gasteiger partial charge in [0.25, 0.3) is 0 Å². The van der Waals surface area contributed by atoms with E-state index in [1.807, 2.05) is 38.1 Å². The van der Waals surface area contributed by atoms with Crippen LogP contribution in [0.3, 0.4) is 0 Å². The van der Waals surface area contributed by atoms with Gasteiger partial charge in [-0.25, -0.2) is 0 Å². The summed E-state index contributed by atoms with van der Waals surface area (Å²) in [6.45, 7) is 4.00. The number of hydrogen-bond donors (Lipinski definition) is 2. The Kier molecular flexibility index (Phi) is 6.25. The van der Waals surface area contributed by atoms with Crippen LogP contribution in [0.25, 0.3) is 6.08 Å². The Balaban J connectivity index is 2.67. The monoisotopic (exact) mass is 325 g/mol. The second kappa shape index (κ2) is 7.46. The maximum atomic E-state index is 11.9. The molecule has 1 aromatic carbocycles. The Morgan fingerprint density at radius 2 is 2.16 bits per heavy atom. The van der Waals surface area contributed by atoms with Crippen LogP contribution in [0.5, 0.6) is 0 Å². The molecular weight excluding hydrogens is 306 g/mol. The van der Waals surface area contributed by atoms with Crippen molar-refractivity contribution in [3.05, 3.63) is 40.4 Å². The minimum absolute atomic E-state index is 0.0680. The first kappa shape index (κ1) is 15.9. The fraction of sp³-hybridized carbons (Fsp3) is 0.400. The lowest BCUT2D eigenvalue weighted by Gasteiger charge is -2.28. The van der Waals surface area contributed by atoms with Gasteiger partial charge in [-0.15, -0.1) is 0 Å². The summed E-state index contributed by atoms with van der Waals surface area (Å²) in [6.07, 6.45) is 4.63. The second-order valence-corrected chi connectivity index (χ2v) is 5.59. The SMILES string of the molecule is CCC(C)(CCO)NC(=O)/C=C/c1ccccc1Br. The number of halogens is 1. The molecule has 0 heterocycles. The first-order valence-electron chi connectivity index (χ1n) is 6.36. The zero-order valence-electron chi connectivity index (χ0n) is 11.3. The third-order valence-electron chi connectivity index (χ3n) is 3.19. The zero-order valence-corrected chi connectivity index (χ0v) is 12.9. The third-order valence-corrected chi connectivity index (χ3v) is 3.91. The fourth-order valence-corrected chi connectivity index (χ4v) is 2.11. The molecule has 0 spiro atoms. The zero-order chi connectivity index (χ0) is 14.3. The highest BCUT2D eigenvalue weighted by molar-refractivity contribution is 9.10. The number of nitrogens with one attached hydrogen (secondary N) is 1. The number of benzene rings is 1. The summed E-state index contributed by atoms with van der Waals surface area (Å²) in [4.78, 5) is 11.9. The largest absolute Gasteiger partial charge is 0.396 e. The molecule has 0 bridgehead atoms. The van der Waals surface area contributed by atoms with Gasteiger partial charge in [0.1, 0.15) is 0 Å². The molecule has 0 fully saturated rings. The number of rotatable bonds is 6. The van der Waals surface area contributed by atoms with Gasteiger partial charge >= 0.3 is 0 Å². The smallest absolute Gasteiger partial charge is 0.244 e. The normalized spacial score (nSPS) is 14.3. The van der Waals surface area contributed by atoms with Gasteiger partial charge in [-0.3, -0.25) is 4.79 Å². The van der Waals surface area contributed by atoms with Gasteiger partial charge in [0.15, 0.2) is 0 Å². The molecule has 0 saturated carbocycles. The van der Waals surface area contributed by atoms with Crippen molar-refractivity contribution >= 4 is 27.9 Å². The molecule has 1 unspecified atom stereocenters. The predicted octanol–water partition coefficient (Wildman–Crippen LogP) is 3.13. The van der Waals surface area contributed by atoms with Gasteiger partial charge in [0.2, 0.25) is 5.91 Å². The van der Waals surface area contributed by atoms with Crippen LogP contribution < -0.4 is 5.32 Å². The van der Waals surface area contributed by atoms with E-state index in [1.54, 1.807) is 6.08 Å². The summed E-state index contributed by atoms with van der Waals surface area (Å²) in [7, 11) is 0. The number of carbonyl (C=O) groups excluding carboxylic acids is 1. The standard InChI is InChI=1S/C15H20BrNO2/c1-3-15(2,10-11-18)17-14(19)9-8-12-6-4-5-7-13(12)16/h4-9,18H,3,10-11H2,1-2H3,(H,17,19)/b9-8+. The van der Waals surface area contributed by atoms with Crippen molar-refractivity contribution < 1.29 is 9.90 Å². The lowest BCUT2D eigenvalue weighted by molar-refractivity contribution is -0.118. The van der Waals surface area contributed by atoms with Gasteiger partial charge in [-0.1, -0.05) is 41.1 Å². The molecule has 1 atom stereocenters. The molecule has 3 nitrogen and oxygen atoms in total. The first-order valence-corrected chi connectivity index (χ1v) is 7.15. The highest BCUT2D eigenvalue weighted by Crippen LogP contribution is 2.17. The van der Waals surface area contributed by atoms with Crippen LogP contribution in [0, 0.1) is 0 Å². The average molecular weight is 326 g/mol. The topological polar surface area (TPSA) is 49.3 Å². The third kappa shape index (κ3) is 5.17. The fourth-order valence-electron chi connectivity index (χ4n) is 1.69. The van der Waals surface area contributed by atoms with E-state index in [0.717, 1.165) is 16.5 Å². The summed E-state index contributed by atoms with van der Waals surface area (Å²) in [5, 5.41) is 11.9. The quantitative estimate of drug-likeness (QED) is 0.789. The average Bonchev–Trinajstić information content (AvgIpc) is 2.38. The van der Waals surface area contributed by atoms with Crippen molar-refractivity contribution in [1.82, 2.24) is 5.32 Å². The van der Waals surface area contributed by atoms with E-state index in [-0.39, 0.29) is 18.1 Å². The molecule has 2 N–H and O–H groups in total. The summed E-state index contributed by atoms with van der Waals surface area (Å²) in [6, 6.07) is 7.71. The van der Waals surface area contributed by atoms with Gasteiger partial charge in [0.05, 0.1) is 0 Å². The Labute approximate surface area is 122 Å². The lowest BCUT2D eigenvalue weighted by Crippen LogP contribution is -2.45. The second-order valence-electron chi connectivity index (χ2n) is 4.73. The molecule has 4 heteroatoms. The first-order chi connectivity index (χ1) is 9.00. The van der Waals surface area contributed by atoms with Crippen LogP contribution in [-0.4, -0.2) is 23.2 Å². The molecule has 19 heavy (non-hydrogen) atoms. The summed E-state index contributed by atoms with van der Waals surface area (Å²) >= 11 is 3.43. The van der Waals surface area contributed by atoms with Crippen LogP contribution in [-0.2, 0) is 4.79 Å². The molecule has 1 amide bonds. The molecule has 0 aliphatic carbocycles. The molecular formula is C15H20BrNO2. The molecule has 0 aliphatic heterocycles. The van der Waals surface area contributed by atoms with E-state index < -0.39 is 0 Å². The molecule has 0 radical (unpaired) electrons. The van der Waals surface area contributed by atoms with Crippen LogP contribution in [0.1, 0.15) is 32.3 Å². The van der Waals surface area contributed by atoms with E-state index >= 15 is 0 Å². The van der Waals surface area contributed by atoms with E-state index in [4.69, 9.17) is 5.11 Å². The van der Waals surface area contributed by atoms with Crippen molar-refractivity contribution in [3.63, 3.8) is 0 Å². The molecule has 1 rings (SSSR count). The number of aliphatic hydroxyl groups is 1. The van der Waals surface area contributed by atoms with Crippen molar-refractivity contribution in [1.29, 1.82) is 0 Å². The van der Waals surface area contributed by atoms with Gasteiger partial charge in [-0.2, -0.15) is 0 Å². The van der Waals surface area contributed by atoms with Crippen molar-refractivity contribution in [3.8, 4) is 0 Å². The Morgan fingerprint density at radius 3 is 2.74 bits per heavy atom. The van der Waals surface area contributed by atoms with Crippen molar-refractivity contribution in [2.45, 2.75) is 32.2 Å². The summed E-state index contributed by atoms with van der Waals surface area (Å²) < 4.78 is 0.952. The van der Waals surface area contributed by atoms with Crippen LogP contribution in [0.4, 0.5) is 0 Å². The molecule has 0 aromatic heterocycles.